The summed E-state index contributed by atoms with van der Waals surface area (Å²) in [6.45, 7) is 0. The van der Waals surface area contributed by atoms with Gasteiger partial charge in [-0.15, -0.1) is 0 Å². The Hall–Kier alpha value is -1.84. The van der Waals surface area contributed by atoms with Crippen molar-refractivity contribution in [2.45, 2.75) is 0 Å². The lowest BCUT2D eigenvalue weighted by atomic mass is 10.5. The Kier molecular flexibility index (Phi) is 1.51. The van der Waals surface area contributed by atoms with Gasteiger partial charge in [0.1, 0.15) is 6.26 Å². The van der Waals surface area contributed by atoms with Crippen LogP contribution >= 0.6 is 0 Å². The maximum Gasteiger partial charge on any atom is 0.308 e. The molecule has 0 atom stereocenters. The van der Waals surface area contributed by atoms with Crippen LogP contribution in [0.2, 0.25) is 0 Å². The molecule has 60 valence electrons. The van der Waals surface area contributed by atoms with Gasteiger partial charge >= 0.3 is 6.01 Å². The molecule has 0 bridgehead atoms. The van der Waals surface area contributed by atoms with E-state index in [4.69, 9.17) is 4.42 Å². The summed E-state index contributed by atoms with van der Waals surface area (Å²) in [7, 11) is 0. The van der Waals surface area contributed by atoms with E-state index in [0.717, 1.165) is 0 Å². The molecule has 0 fully saturated rings. The van der Waals surface area contributed by atoms with Crippen LogP contribution in [-0.2, 0) is 0 Å². The number of hydrogen-bond donors (Lipinski definition) is 0. The summed E-state index contributed by atoms with van der Waals surface area (Å²) in [6, 6.07) is 5.15. The second-order valence-corrected chi connectivity index (χ2v) is 2.22. The second kappa shape index (κ2) is 2.65. The quantitative estimate of drug-likeness (QED) is 0.623. The van der Waals surface area contributed by atoms with Crippen molar-refractivity contribution in [1.29, 1.82) is 0 Å². The van der Waals surface area contributed by atoms with Crippen LogP contribution in [0.4, 0.5) is 0 Å². The van der Waals surface area contributed by atoms with Crippen molar-refractivity contribution in [1.82, 2.24) is 9.55 Å². The molecule has 0 aromatic carbocycles. The molecule has 2 aromatic rings. The lowest BCUT2D eigenvalue weighted by molar-refractivity contribution is 0.522. The monoisotopic (exact) mass is 162 g/mol. The van der Waals surface area contributed by atoms with E-state index in [1.807, 2.05) is 0 Å². The van der Waals surface area contributed by atoms with E-state index >= 15 is 0 Å². The number of pyridine rings is 1. The first-order chi connectivity index (χ1) is 5.88. The number of nitrogens with zero attached hydrogens (tertiary/aromatic N) is 2. The van der Waals surface area contributed by atoms with E-state index in [9.17, 15) is 4.79 Å². The minimum atomic E-state index is -0.153. The minimum Gasteiger partial charge on any atom is -0.432 e. The van der Waals surface area contributed by atoms with Gasteiger partial charge in [0.25, 0.3) is 5.56 Å². The van der Waals surface area contributed by atoms with Gasteiger partial charge in [-0.25, -0.2) is 9.55 Å². The van der Waals surface area contributed by atoms with Gasteiger partial charge in [-0.1, -0.05) is 6.07 Å². The molecule has 4 heteroatoms. The lowest BCUT2D eigenvalue weighted by Gasteiger charge is -1.95. The fraction of sp³-hybridized carbons (Fsp3) is 0. The summed E-state index contributed by atoms with van der Waals surface area (Å²) in [5, 5.41) is 0. The van der Waals surface area contributed by atoms with E-state index < -0.39 is 0 Å². The first kappa shape index (κ1) is 6.84. The third kappa shape index (κ3) is 1.03. The van der Waals surface area contributed by atoms with Gasteiger partial charge in [0.2, 0.25) is 0 Å². The Balaban J connectivity index is 2.63. The van der Waals surface area contributed by atoms with E-state index in [2.05, 4.69) is 4.98 Å². The SMILES string of the molecule is O=c1ccccn1-c1ncco1. The highest BCUT2D eigenvalue weighted by molar-refractivity contribution is 5.08. The van der Waals surface area contributed by atoms with Crippen molar-refractivity contribution in [3.63, 3.8) is 0 Å². The highest BCUT2D eigenvalue weighted by atomic mass is 16.4. The van der Waals surface area contributed by atoms with E-state index in [-0.39, 0.29) is 5.56 Å². The second-order valence-electron chi connectivity index (χ2n) is 2.22. The Bertz CT molecular complexity index is 417. The molecule has 0 N–H and O–H groups in total. The Morgan fingerprint density at radius 1 is 1.42 bits per heavy atom. The predicted molar refractivity (Wildman–Crippen MR) is 42.1 cm³/mol. The van der Waals surface area contributed by atoms with Crippen molar-refractivity contribution in [3.05, 3.63) is 47.2 Å². The van der Waals surface area contributed by atoms with E-state index in [0.29, 0.717) is 6.01 Å². The van der Waals surface area contributed by atoms with Gasteiger partial charge in [-0.05, 0) is 6.07 Å². The maximum absolute atomic E-state index is 11.2. The molecule has 0 spiro atoms. The van der Waals surface area contributed by atoms with Gasteiger partial charge in [0.05, 0.1) is 6.20 Å². The third-order valence-corrected chi connectivity index (χ3v) is 1.45. The number of aromatic nitrogens is 2. The number of oxazole rings is 1. The minimum absolute atomic E-state index is 0.153. The molecule has 0 unspecified atom stereocenters. The first-order valence-electron chi connectivity index (χ1n) is 3.45. The van der Waals surface area contributed by atoms with Crippen LogP contribution in [0.5, 0.6) is 0 Å². The molecule has 0 amide bonds. The van der Waals surface area contributed by atoms with Gasteiger partial charge in [0, 0.05) is 12.3 Å². The molecule has 4 nitrogen and oxygen atoms in total. The molecule has 0 aliphatic rings. The number of rotatable bonds is 1. The standard InChI is InChI=1S/C8H6N2O2/c11-7-3-1-2-5-10(7)8-9-4-6-12-8/h1-6H. The van der Waals surface area contributed by atoms with Crippen LogP contribution in [0, 0.1) is 0 Å². The van der Waals surface area contributed by atoms with Crippen molar-refractivity contribution in [2.75, 3.05) is 0 Å². The molecule has 2 aromatic heterocycles. The van der Waals surface area contributed by atoms with Gasteiger partial charge in [-0.3, -0.25) is 4.79 Å². The van der Waals surface area contributed by atoms with Crippen LogP contribution in [0.1, 0.15) is 0 Å². The predicted octanol–water partition coefficient (Wildman–Crippen LogP) is 0.825. The molecule has 2 rings (SSSR count). The molecule has 2 heterocycles. The highest BCUT2D eigenvalue weighted by Crippen LogP contribution is 1.98. The van der Waals surface area contributed by atoms with Crippen LogP contribution in [0.25, 0.3) is 6.01 Å². The largest absolute Gasteiger partial charge is 0.432 e. The molecular weight excluding hydrogens is 156 g/mol. The summed E-state index contributed by atoms with van der Waals surface area (Å²) >= 11 is 0. The van der Waals surface area contributed by atoms with Crippen molar-refractivity contribution in [2.24, 2.45) is 0 Å². The molecule has 0 aliphatic heterocycles. The Morgan fingerprint density at radius 3 is 3.00 bits per heavy atom. The summed E-state index contributed by atoms with van der Waals surface area (Å²) < 4.78 is 6.29. The first-order valence-corrected chi connectivity index (χ1v) is 3.45. The fourth-order valence-corrected chi connectivity index (χ4v) is 0.920. The Labute approximate surface area is 68.1 Å². The smallest absolute Gasteiger partial charge is 0.308 e. The van der Waals surface area contributed by atoms with Crippen molar-refractivity contribution < 1.29 is 4.42 Å². The average Bonchev–Trinajstić information content (AvgIpc) is 2.57. The number of hydrogen-bond acceptors (Lipinski definition) is 3. The molecular formula is C8H6N2O2. The molecule has 12 heavy (non-hydrogen) atoms. The average molecular weight is 162 g/mol. The van der Waals surface area contributed by atoms with Crippen LogP contribution in [0.3, 0.4) is 0 Å². The maximum atomic E-state index is 11.2. The summed E-state index contributed by atoms with van der Waals surface area (Å²) in [4.78, 5) is 15.0. The zero-order valence-corrected chi connectivity index (χ0v) is 6.18. The third-order valence-electron chi connectivity index (χ3n) is 1.45. The van der Waals surface area contributed by atoms with E-state index in [1.54, 1.807) is 18.3 Å². The highest BCUT2D eigenvalue weighted by Gasteiger charge is 2.00. The lowest BCUT2D eigenvalue weighted by Crippen LogP contribution is -2.15. The Morgan fingerprint density at radius 2 is 2.33 bits per heavy atom. The fourth-order valence-electron chi connectivity index (χ4n) is 0.920. The summed E-state index contributed by atoms with van der Waals surface area (Å²) in [5.74, 6) is 0. The van der Waals surface area contributed by atoms with Gasteiger partial charge in [-0.2, -0.15) is 0 Å². The van der Waals surface area contributed by atoms with Gasteiger partial charge < -0.3 is 4.42 Å². The van der Waals surface area contributed by atoms with E-state index in [1.165, 1.54) is 23.1 Å². The van der Waals surface area contributed by atoms with Crippen LogP contribution in [0.15, 0.2) is 46.1 Å². The summed E-state index contributed by atoms with van der Waals surface area (Å²) in [6.07, 6.45) is 4.53. The summed E-state index contributed by atoms with van der Waals surface area (Å²) in [5.41, 5.74) is -0.153. The molecule has 0 saturated heterocycles. The van der Waals surface area contributed by atoms with Gasteiger partial charge in [0.15, 0.2) is 0 Å². The molecule has 0 aliphatic carbocycles. The zero-order chi connectivity index (χ0) is 8.39. The van der Waals surface area contributed by atoms with Crippen molar-refractivity contribution in [3.8, 4) is 6.01 Å². The van der Waals surface area contributed by atoms with Crippen LogP contribution < -0.4 is 5.56 Å². The van der Waals surface area contributed by atoms with Crippen LogP contribution in [-0.4, -0.2) is 9.55 Å². The zero-order valence-electron chi connectivity index (χ0n) is 6.18. The van der Waals surface area contributed by atoms with Crippen molar-refractivity contribution >= 4 is 0 Å². The molecule has 0 radical (unpaired) electrons. The normalized spacial score (nSPS) is 10.0. The molecule has 0 saturated carbocycles. The topological polar surface area (TPSA) is 48.0 Å².